The Bertz CT molecular complexity index is 446. The minimum Gasteiger partial charge on any atom is -0.334 e. The van der Waals surface area contributed by atoms with Gasteiger partial charge in [-0.25, -0.2) is 4.98 Å². The zero-order valence-electron chi connectivity index (χ0n) is 9.07. The first kappa shape index (κ1) is 9.93. The van der Waals surface area contributed by atoms with Crippen LogP contribution in [0.4, 0.5) is 0 Å². The number of aromatic nitrogens is 2. The number of hydrogen-bond acceptors (Lipinski definition) is 2. The molecule has 1 N–H and O–H groups in total. The Labute approximate surface area is 89.8 Å². The van der Waals surface area contributed by atoms with Crippen LogP contribution in [-0.4, -0.2) is 16.6 Å². The van der Waals surface area contributed by atoms with Crippen LogP contribution in [0, 0.1) is 0 Å². The van der Waals surface area contributed by atoms with E-state index in [1.807, 2.05) is 31.2 Å². The minimum absolute atomic E-state index is 0.876. The molecule has 3 heteroatoms. The van der Waals surface area contributed by atoms with Gasteiger partial charge in [0.25, 0.3) is 0 Å². The SMILES string of the molecule is CNCc1ccccc1-c1cncn1C. The Balaban J connectivity index is 2.48. The van der Waals surface area contributed by atoms with E-state index >= 15 is 0 Å². The maximum Gasteiger partial charge on any atom is 0.0948 e. The first-order valence-electron chi connectivity index (χ1n) is 5.02. The maximum atomic E-state index is 4.14. The van der Waals surface area contributed by atoms with Gasteiger partial charge < -0.3 is 9.88 Å². The van der Waals surface area contributed by atoms with E-state index in [-0.39, 0.29) is 0 Å². The zero-order valence-corrected chi connectivity index (χ0v) is 9.07. The van der Waals surface area contributed by atoms with E-state index in [0.29, 0.717) is 0 Å². The van der Waals surface area contributed by atoms with Gasteiger partial charge in [0.2, 0.25) is 0 Å². The molecule has 2 aromatic rings. The molecule has 0 bridgehead atoms. The van der Waals surface area contributed by atoms with E-state index in [1.165, 1.54) is 11.1 Å². The van der Waals surface area contributed by atoms with Crippen molar-refractivity contribution in [1.82, 2.24) is 14.9 Å². The van der Waals surface area contributed by atoms with Gasteiger partial charge in [0.15, 0.2) is 0 Å². The lowest BCUT2D eigenvalue weighted by atomic mass is 10.1. The van der Waals surface area contributed by atoms with Crippen molar-refractivity contribution in [3.05, 3.63) is 42.4 Å². The highest BCUT2D eigenvalue weighted by atomic mass is 15.0. The summed E-state index contributed by atoms with van der Waals surface area (Å²) in [6.45, 7) is 0.876. The Morgan fingerprint density at radius 2 is 2.13 bits per heavy atom. The molecule has 0 aliphatic heterocycles. The van der Waals surface area contributed by atoms with Crippen molar-refractivity contribution < 1.29 is 0 Å². The average molecular weight is 201 g/mol. The summed E-state index contributed by atoms with van der Waals surface area (Å²) in [6.07, 6.45) is 3.72. The number of nitrogens with one attached hydrogen (secondary N) is 1. The zero-order chi connectivity index (χ0) is 10.7. The summed E-state index contributed by atoms with van der Waals surface area (Å²) in [4.78, 5) is 4.14. The number of benzene rings is 1. The molecule has 1 aromatic carbocycles. The molecule has 0 unspecified atom stereocenters. The van der Waals surface area contributed by atoms with E-state index in [0.717, 1.165) is 12.2 Å². The Kier molecular flexibility index (Phi) is 2.83. The average Bonchev–Trinajstić information content (AvgIpc) is 2.66. The number of aryl methyl sites for hydroxylation is 1. The van der Waals surface area contributed by atoms with Crippen LogP contribution in [0.1, 0.15) is 5.56 Å². The van der Waals surface area contributed by atoms with Crippen LogP contribution in [0.2, 0.25) is 0 Å². The van der Waals surface area contributed by atoms with Crippen LogP contribution in [0.3, 0.4) is 0 Å². The molecular formula is C12H15N3. The van der Waals surface area contributed by atoms with Gasteiger partial charge in [0, 0.05) is 19.2 Å². The van der Waals surface area contributed by atoms with Crippen LogP contribution in [0.25, 0.3) is 11.3 Å². The van der Waals surface area contributed by atoms with Crippen molar-refractivity contribution >= 4 is 0 Å². The fraction of sp³-hybridized carbons (Fsp3) is 0.250. The topological polar surface area (TPSA) is 29.9 Å². The molecule has 1 aromatic heterocycles. The van der Waals surface area contributed by atoms with Crippen molar-refractivity contribution in [3.63, 3.8) is 0 Å². The van der Waals surface area contributed by atoms with Gasteiger partial charge in [-0.2, -0.15) is 0 Å². The fourth-order valence-corrected chi connectivity index (χ4v) is 1.73. The predicted molar refractivity (Wildman–Crippen MR) is 61.4 cm³/mol. The highest BCUT2D eigenvalue weighted by Gasteiger charge is 2.06. The monoisotopic (exact) mass is 201 g/mol. The van der Waals surface area contributed by atoms with Crippen LogP contribution >= 0.6 is 0 Å². The van der Waals surface area contributed by atoms with Crippen LogP contribution in [-0.2, 0) is 13.6 Å². The molecule has 0 saturated heterocycles. The standard InChI is InChI=1S/C12H15N3/c1-13-7-10-5-3-4-6-11(10)12-8-14-9-15(12)2/h3-6,8-9,13H,7H2,1-2H3. The molecule has 0 spiro atoms. The first-order chi connectivity index (χ1) is 7.33. The molecule has 78 valence electrons. The van der Waals surface area contributed by atoms with Gasteiger partial charge >= 0.3 is 0 Å². The molecule has 2 rings (SSSR count). The third-order valence-corrected chi connectivity index (χ3v) is 2.48. The van der Waals surface area contributed by atoms with E-state index in [2.05, 4.69) is 34.6 Å². The summed E-state index contributed by atoms with van der Waals surface area (Å²) in [5.41, 5.74) is 3.69. The van der Waals surface area contributed by atoms with Crippen molar-refractivity contribution in [2.24, 2.45) is 7.05 Å². The van der Waals surface area contributed by atoms with Gasteiger partial charge in [-0.05, 0) is 12.6 Å². The molecule has 0 aliphatic carbocycles. The van der Waals surface area contributed by atoms with E-state index in [1.54, 1.807) is 0 Å². The second kappa shape index (κ2) is 4.28. The summed E-state index contributed by atoms with van der Waals surface area (Å²) >= 11 is 0. The lowest BCUT2D eigenvalue weighted by Crippen LogP contribution is -2.06. The molecule has 0 aliphatic rings. The van der Waals surface area contributed by atoms with Gasteiger partial charge in [-0.3, -0.25) is 0 Å². The minimum atomic E-state index is 0.876. The van der Waals surface area contributed by atoms with Crippen LogP contribution in [0.15, 0.2) is 36.8 Å². The highest BCUT2D eigenvalue weighted by Crippen LogP contribution is 2.22. The highest BCUT2D eigenvalue weighted by molar-refractivity contribution is 5.63. The number of hydrogen-bond donors (Lipinski definition) is 1. The molecule has 1 heterocycles. The second-order valence-corrected chi connectivity index (χ2v) is 3.58. The van der Waals surface area contributed by atoms with Gasteiger partial charge in [0.1, 0.15) is 0 Å². The Morgan fingerprint density at radius 1 is 1.33 bits per heavy atom. The normalized spacial score (nSPS) is 10.5. The molecule has 0 saturated carbocycles. The second-order valence-electron chi connectivity index (χ2n) is 3.58. The van der Waals surface area contributed by atoms with E-state index < -0.39 is 0 Å². The summed E-state index contributed by atoms with van der Waals surface area (Å²) in [5.74, 6) is 0. The maximum absolute atomic E-state index is 4.14. The molecule has 15 heavy (non-hydrogen) atoms. The number of imidazole rings is 1. The summed E-state index contributed by atoms with van der Waals surface area (Å²) in [6, 6.07) is 8.39. The van der Waals surface area contributed by atoms with E-state index in [9.17, 15) is 0 Å². The van der Waals surface area contributed by atoms with Gasteiger partial charge in [0.05, 0.1) is 18.2 Å². The molecule has 0 radical (unpaired) electrons. The van der Waals surface area contributed by atoms with Crippen molar-refractivity contribution in [2.75, 3.05) is 7.05 Å². The molecular weight excluding hydrogens is 186 g/mol. The molecule has 0 atom stereocenters. The molecule has 0 amide bonds. The third kappa shape index (κ3) is 1.92. The number of rotatable bonds is 3. The van der Waals surface area contributed by atoms with Crippen LogP contribution < -0.4 is 5.32 Å². The lowest BCUT2D eigenvalue weighted by molar-refractivity contribution is 0.816. The third-order valence-electron chi connectivity index (χ3n) is 2.48. The molecule has 3 nitrogen and oxygen atoms in total. The van der Waals surface area contributed by atoms with Gasteiger partial charge in [-0.1, -0.05) is 24.3 Å². The number of nitrogens with zero attached hydrogens (tertiary/aromatic N) is 2. The predicted octanol–water partition coefficient (Wildman–Crippen LogP) is 1.81. The summed E-state index contributed by atoms with van der Waals surface area (Å²) < 4.78 is 2.04. The van der Waals surface area contributed by atoms with Crippen molar-refractivity contribution in [2.45, 2.75) is 6.54 Å². The summed E-state index contributed by atoms with van der Waals surface area (Å²) in [5, 5.41) is 3.18. The smallest absolute Gasteiger partial charge is 0.0948 e. The largest absolute Gasteiger partial charge is 0.334 e. The Hall–Kier alpha value is -1.61. The van der Waals surface area contributed by atoms with Crippen molar-refractivity contribution in [3.8, 4) is 11.3 Å². The Morgan fingerprint density at radius 3 is 2.80 bits per heavy atom. The fourth-order valence-electron chi connectivity index (χ4n) is 1.73. The van der Waals surface area contributed by atoms with Crippen molar-refractivity contribution in [1.29, 1.82) is 0 Å². The molecule has 0 fully saturated rings. The quantitative estimate of drug-likeness (QED) is 0.820. The van der Waals surface area contributed by atoms with Gasteiger partial charge in [-0.15, -0.1) is 0 Å². The van der Waals surface area contributed by atoms with Crippen LogP contribution in [0.5, 0.6) is 0 Å². The summed E-state index contributed by atoms with van der Waals surface area (Å²) in [7, 11) is 3.97. The van der Waals surface area contributed by atoms with E-state index in [4.69, 9.17) is 0 Å². The lowest BCUT2D eigenvalue weighted by Gasteiger charge is -2.09. The first-order valence-corrected chi connectivity index (χ1v) is 5.02.